The van der Waals surface area contributed by atoms with Crippen LogP contribution in [0.15, 0.2) is 24.3 Å². The average molecular weight is 245 g/mol. The van der Waals surface area contributed by atoms with Crippen molar-refractivity contribution in [1.82, 2.24) is 0 Å². The van der Waals surface area contributed by atoms with Gasteiger partial charge in [0.15, 0.2) is 0 Å². The minimum absolute atomic E-state index is 0.0371. The summed E-state index contributed by atoms with van der Waals surface area (Å²) in [5.74, 6) is -2.03. The van der Waals surface area contributed by atoms with Crippen LogP contribution in [0.4, 0.5) is 13.2 Å². The molecule has 2 unspecified atom stereocenters. The predicted octanol–water partition coefficient (Wildman–Crippen LogP) is 1.97. The Morgan fingerprint density at radius 1 is 1.41 bits per heavy atom. The van der Waals surface area contributed by atoms with Crippen LogP contribution < -0.4 is 5.73 Å². The lowest BCUT2D eigenvalue weighted by atomic mass is 10.00. The van der Waals surface area contributed by atoms with E-state index in [0.29, 0.717) is 0 Å². The van der Waals surface area contributed by atoms with Crippen molar-refractivity contribution in [3.8, 4) is 0 Å². The molecular formula is C11H10F3NO2. The molecule has 1 aliphatic carbocycles. The Hall–Kier alpha value is -1.56. The molecule has 2 atom stereocenters. The smallest absolute Gasteiger partial charge is 0.416 e. The number of hydrogen-bond acceptors (Lipinski definition) is 2. The third kappa shape index (κ3) is 1.88. The molecule has 0 saturated heterocycles. The van der Waals surface area contributed by atoms with Gasteiger partial charge in [0.05, 0.1) is 5.56 Å². The van der Waals surface area contributed by atoms with Crippen molar-refractivity contribution in [2.24, 2.45) is 5.73 Å². The van der Waals surface area contributed by atoms with Crippen molar-refractivity contribution in [1.29, 1.82) is 0 Å². The average Bonchev–Trinajstić information content (AvgIpc) is 2.91. The lowest BCUT2D eigenvalue weighted by Crippen LogP contribution is -2.34. The minimum atomic E-state index is -4.49. The summed E-state index contributed by atoms with van der Waals surface area (Å²) in [5, 5.41) is 8.83. The molecule has 3 nitrogen and oxygen atoms in total. The number of hydrogen-bond donors (Lipinski definition) is 2. The fraction of sp³-hybridized carbons (Fsp3) is 0.364. The SMILES string of the molecule is NC1(C(=O)O)CC1c1ccccc1C(F)(F)F. The summed E-state index contributed by atoms with van der Waals surface area (Å²) in [6, 6.07) is 4.94. The van der Waals surface area contributed by atoms with E-state index in [4.69, 9.17) is 10.8 Å². The summed E-state index contributed by atoms with van der Waals surface area (Å²) in [6.07, 6.45) is -4.45. The molecule has 1 saturated carbocycles. The van der Waals surface area contributed by atoms with Crippen molar-refractivity contribution in [2.75, 3.05) is 0 Å². The van der Waals surface area contributed by atoms with Crippen molar-refractivity contribution >= 4 is 5.97 Å². The largest absolute Gasteiger partial charge is 0.480 e. The number of carbonyl (C=O) groups is 1. The Morgan fingerprint density at radius 2 is 2.00 bits per heavy atom. The molecule has 92 valence electrons. The second-order valence-electron chi connectivity index (χ2n) is 4.19. The predicted molar refractivity (Wildman–Crippen MR) is 53.4 cm³/mol. The van der Waals surface area contributed by atoms with Gasteiger partial charge in [0, 0.05) is 5.92 Å². The third-order valence-electron chi connectivity index (χ3n) is 3.04. The van der Waals surface area contributed by atoms with Crippen molar-refractivity contribution in [2.45, 2.75) is 24.1 Å². The molecule has 0 amide bonds. The zero-order chi connectivity index (χ0) is 12.8. The molecule has 0 radical (unpaired) electrons. The molecule has 17 heavy (non-hydrogen) atoms. The molecular weight excluding hydrogens is 235 g/mol. The van der Waals surface area contributed by atoms with E-state index in [2.05, 4.69) is 0 Å². The Labute approximate surface area is 95.0 Å². The zero-order valence-corrected chi connectivity index (χ0v) is 8.66. The number of nitrogens with two attached hydrogens (primary N) is 1. The van der Waals surface area contributed by atoms with Gasteiger partial charge in [0.25, 0.3) is 0 Å². The second-order valence-corrected chi connectivity index (χ2v) is 4.19. The van der Waals surface area contributed by atoms with Gasteiger partial charge in [0.2, 0.25) is 0 Å². The Morgan fingerprint density at radius 3 is 2.47 bits per heavy atom. The van der Waals surface area contributed by atoms with Gasteiger partial charge in [-0.1, -0.05) is 18.2 Å². The van der Waals surface area contributed by atoms with Gasteiger partial charge in [-0.25, -0.2) is 0 Å². The second kappa shape index (κ2) is 3.46. The van der Waals surface area contributed by atoms with Crippen molar-refractivity contribution in [3.63, 3.8) is 0 Å². The highest BCUT2D eigenvalue weighted by atomic mass is 19.4. The molecule has 0 aliphatic heterocycles. The zero-order valence-electron chi connectivity index (χ0n) is 8.66. The van der Waals surface area contributed by atoms with Crippen LogP contribution in [0, 0.1) is 0 Å². The van der Waals surface area contributed by atoms with E-state index in [1.807, 2.05) is 0 Å². The van der Waals surface area contributed by atoms with E-state index in [1.54, 1.807) is 0 Å². The van der Waals surface area contributed by atoms with Crippen LogP contribution in [0.1, 0.15) is 23.5 Å². The minimum Gasteiger partial charge on any atom is -0.480 e. The molecule has 3 N–H and O–H groups in total. The summed E-state index contributed by atoms with van der Waals surface area (Å²) in [5.41, 5.74) is 3.11. The summed E-state index contributed by atoms with van der Waals surface area (Å²) < 4.78 is 38.1. The Bertz CT molecular complexity index is 472. The molecule has 1 aromatic rings. The van der Waals surface area contributed by atoms with Crippen LogP contribution >= 0.6 is 0 Å². The van der Waals surface area contributed by atoms with Crippen LogP contribution in [0.5, 0.6) is 0 Å². The highest BCUT2D eigenvalue weighted by molar-refractivity contribution is 5.85. The van der Waals surface area contributed by atoms with Crippen molar-refractivity contribution in [3.05, 3.63) is 35.4 Å². The highest BCUT2D eigenvalue weighted by Crippen LogP contribution is 2.52. The number of carboxylic acid groups (broad SMARTS) is 1. The van der Waals surface area contributed by atoms with E-state index < -0.39 is 29.2 Å². The summed E-state index contributed by atoms with van der Waals surface area (Å²) in [6.45, 7) is 0. The summed E-state index contributed by atoms with van der Waals surface area (Å²) in [4.78, 5) is 10.8. The molecule has 1 fully saturated rings. The van der Waals surface area contributed by atoms with E-state index in [9.17, 15) is 18.0 Å². The lowest BCUT2D eigenvalue weighted by molar-refractivity contribution is -0.141. The maximum absolute atomic E-state index is 12.7. The Balaban J connectivity index is 2.40. The maximum Gasteiger partial charge on any atom is 0.416 e. The number of aliphatic carboxylic acids is 1. The fourth-order valence-corrected chi connectivity index (χ4v) is 1.96. The van der Waals surface area contributed by atoms with Gasteiger partial charge in [-0.05, 0) is 18.1 Å². The van der Waals surface area contributed by atoms with Crippen LogP contribution in [-0.4, -0.2) is 16.6 Å². The van der Waals surface area contributed by atoms with Gasteiger partial charge in [-0.3, -0.25) is 4.79 Å². The summed E-state index contributed by atoms with van der Waals surface area (Å²) in [7, 11) is 0. The van der Waals surface area contributed by atoms with Crippen LogP contribution in [0.25, 0.3) is 0 Å². The molecule has 6 heteroatoms. The molecule has 0 heterocycles. The molecule has 0 spiro atoms. The summed E-state index contributed by atoms with van der Waals surface area (Å²) >= 11 is 0. The van der Waals surface area contributed by atoms with Gasteiger partial charge in [-0.2, -0.15) is 13.2 Å². The van der Waals surface area contributed by atoms with Gasteiger partial charge >= 0.3 is 12.1 Å². The Kier molecular flexibility index (Phi) is 2.43. The first-order chi connectivity index (χ1) is 7.77. The highest BCUT2D eigenvalue weighted by Gasteiger charge is 2.59. The molecule has 1 aliphatic rings. The van der Waals surface area contributed by atoms with Crippen molar-refractivity contribution < 1.29 is 23.1 Å². The van der Waals surface area contributed by atoms with Crippen LogP contribution in [0.2, 0.25) is 0 Å². The van der Waals surface area contributed by atoms with Gasteiger partial charge in [0.1, 0.15) is 5.54 Å². The van der Waals surface area contributed by atoms with E-state index in [1.165, 1.54) is 18.2 Å². The monoisotopic (exact) mass is 245 g/mol. The van der Waals surface area contributed by atoms with E-state index in [0.717, 1.165) is 6.07 Å². The number of halogens is 3. The van der Waals surface area contributed by atoms with E-state index in [-0.39, 0.29) is 12.0 Å². The fourth-order valence-electron chi connectivity index (χ4n) is 1.96. The normalized spacial score (nSPS) is 27.9. The number of carboxylic acids is 1. The number of benzene rings is 1. The lowest BCUT2D eigenvalue weighted by Gasteiger charge is -2.13. The quantitative estimate of drug-likeness (QED) is 0.837. The first-order valence-electron chi connectivity index (χ1n) is 4.95. The number of rotatable bonds is 2. The number of alkyl halides is 3. The third-order valence-corrected chi connectivity index (χ3v) is 3.04. The molecule has 0 bridgehead atoms. The van der Waals surface area contributed by atoms with E-state index >= 15 is 0 Å². The molecule has 1 aromatic carbocycles. The van der Waals surface area contributed by atoms with Crippen LogP contribution in [-0.2, 0) is 11.0 Å². The first kappa shape index (κ1) is 11.9. The van der Waals surface area contributed by atoms with Gasteiger partial charge in [-0.15, -0.1) is 0 Å². The topological polar surface area (TPSA) is 63.3 Å². The standard InChI is InChI=1S/C11H10F3NO2/c12-11(13,14)7-4-2-1-3-6(7)8-5-10(8,15)9(16)17/h1-4,8H,5,15H2,(H,16,17). The first-order valence-corrected chi connectivity index (χ1v) is 4.95. The maximum atomic E-state index is 12.7. The van der Waals surface area contributed by atoms with Crippen LogP contribution in [0.3, 0.4) is 0 Å². The molecule has 2 rings (SSSR count). The molecule has 0 aromatic heterocycles. The van der Waals surface area contributed by atoms with Gasteiger partial charge < -0.3 is 10.8 Å².